The van der Waals surface area contributed by atoms with Crippen LogP contribution < -0.4 is 10.2 Å². The van der Waals surface area contributed by atoms with Gasteiger partial charge in [-0.3, -0.25) is 4.68 Å². The Balaban J connectivity index is 1.44. The average Bonchev–Trinajstić information content (AvgIpc) is 3.20. The van der Waals surface area contributed by atoms with Crippen molar-refractivity contribution in [3.8, 4) is 11.4 Å². The Hall–Kier alpha value is -2.45. The summed E-state index contributed by atoms with van der Waals surface area (Å²) < 4.78 is 12.7. The van der Waals surface area contributed by atoms with Crippen molar-refractivity contribution < 1.29 is 9.26 Å². The first-order valence-corrected chi connectivity index (χ1v) is 8.23. The summed E-state index contributed by atoms with van der Waals surface area (Å²) in [6, 6.07) is 7.01. The smallest absolute Gasteiger partial charge is 0.324 e. The van der Waals surface area contributed by atoms with Crippen molar-refractivity contribution in [1.29, 1.82) is 0 Å². The molecule has 2 aliphatic heterocycles. The van der Waals surface area contributed by atoms with Gasteiger partial charge in [0.05, 0.1) is 24.8 Å². The first kappa shape index (κ1) is 13.9. The van der Waals surface area contributed by atoms with E-state index in [4.69, 9.17) is 9.26 Å². The molecule has 0 spiro atoms. The van der Waals surface area contributed by atoms with E-state index in [0.717, 1.165) is 55.9 Å². The molecule has 0 amide bonds. The predicted octanol–water partition coefficient (Wildman–Crippen LogP) is 1.07. The zero-order valence-corrected chi connectivity index (χ0v) is 13.2. The standard InChI is InChI=1S/C16H18N6O2/c1-2-12-8-22(13-9-23-10-13)19-14(12)7-11(1)15-18-16(24-20-15)21-5-3-17-4-6-21/h1-2,7-8,13,17H,3-6,9-10H2. The maximum atomic E-state index is 5.44. The van der Waals surface area contributed by atoms with E-state index in [1.54, 1.807) is 0 Å². The van der Waals surface area contributed by atoms with Crippen LogP contribution in [0.15, 0.2) is 28.9 Å². The number of piperazine rings is 1. The maximum absolute atomic E-state index is 5.44. The van der Waals surface area contributed by atoms with E-state index in [1.807, 2.05) is 16.8 Å². The van der Waals surface area contributed by atoms with Crippen LogP contribution in [0.2, 0.25) is 0 Å². The van der Waals surface area contributed by atoms with Gasteiger partial charge in [-0.15, -0.1) is 0 Å². The number of anilines is 1. The lowest BCUT2D eigenvalue weighted by Gasteiger charge is -2.25. The van der Waals surface area contributed by atoms with Gasteiger partial charge in [0.15, 0.2) is 0 Å². The first-order valence-electron chi connectivity index (χ1n) is 8.23. The summed E-state index contributed by atoms with van der Waals surface area (Å²) in [5.74, 6) is 0.604. The Morgan fingerprint density at radius 1 is 1.17 bits per heavy atom. The second kappa shape index (κ2) is 5.57. The predicted molar refractivity (Wildman–Crippen MR) is 88.0 cm³/mol. The lowest BCUT2D eigenvalue weighted by atomic mass is 10.1. The lowest BCUT2D eigenvalue weighted by Crippen LogP contribution is -2.43. The molecule has 0 radical (unpaired) electrons. The molecule has 0 unspecified atom stereocenters. The maximum Gasteiger partial charge on any atom is 0.324 e. The summed E-state index contributed by atoms with van der Waals surface area (Å²) >= 11 is 0. The van der Waals surface area contributed by atoms with E-state index >= 15 is 0 Å². The van der Waals surface area contributed by atoms with Crippen LogP contribution in [0.4, 0.5) is 6.01 Å². The molecule has 8 nitrogen and oxygen atoms in total. The number of aromatic nitrogens is 4. The van der Waals surface area contributed by atoms with E-state index < -0.39 is 0 Å². The Bertz CT molecular complexity index is 862. The highest BCUT2D eigenvalue weighted by Gasteiger charge is 2.22. The molecule has 0 aliphatic carbocycles. The van der Waals surface area contributed by atoms with Crippen LogP contribution in [-0.2, 0) is 4.74 Å². The molecule has 3 aromatic rings. The molecule has 1 aromatic carbocycles. The molecule has 2 aliphatic rings. The van der Waals surface area contributed by atoms with Crippen LogP contribution in [0.1, 0.15) is 6.04 Å². The average molecular weight is 326 g/mol. The fourth-order valence-electron chi connectivity index (χ4n) is 3.05. The van der Waals surface area contributed by atoms with Crippen molar-refractivity contribution in [1.82, 2.24) is 25.2 Å². The number of nitrogens with one attached hydrogen (secondary N) is 1. The second-order valence-corrected chi connectivity index (χ2v) is 6.21. The summed E-state index contributed by atoms with van der Waals surface area (Å²) in [4.78, 5) is 6.65. The Labute approximate surface area is 138 Å². The van der Waals surface area contributed by atoms with Gasteiger partial charge in [-0.1, -0.05) is 17.3 Å². The highest BCUT2D eigenvalue weighted by molar-refractivity contribution is 5.82. The lowest BCUT2D eigenvalue weighted by molar-refractivity contribution is -0.0283. The van der Waals surface area contributed by atoms with Crippen molar-refractivity contribution in [2.75, 3.05) is 44.3 Å². The number of ether oxygens (including phenoxy) is 1. The molecular formula is C16H18N6O2. The number of benzene rings is 1. The third kappa shape index (κ3) is 2.35. The molecule has 0 bridgehead atoms. The van der Waals surface area contributed by atoms with Crippen molar-refractivity contribution in [3.63, 3.8) is 0 Å². The molecule has 4 heterocycles. The molecule has 124 valence electrons. The fourth-order valence-corrected chi connectivity index (χ4v) is 3.05. The van der Waals surface area contributed by atoms with E-state index in [2.05, 4.69) is 37.7 Å². The Morgan fingerprint density at radius 3 is 2.83 bits per heavy atom. The van der Waals surface area contributed by atoms with E-state index in [1.165, 1.54) is 0 Å². The zero-order chi connectivity index (χ0) is 15.9. The third-order valence-electron chi connectivity index (χ3n) is 4.58. The van der Waals surface area contributed by atoms with Gasteiger partial charge in [0.25, 0.3) is 0 Å². The number of nitrogens with zero attached hydrogens (tertiary/aromatic N) is 5. The number of hydrogen-bond donors (Lipinski definition) is 1. The molecule has 0 saturated carbocycles. The second-order valence-electron chi connectivity index (χ2n) is 6.21. The van der Waals surface area contributed by atoms with Gasteiger partial charge in [0.1, 0.15) is 0 Å². The molecule has 0 atom stereocenters. The topological polar surface area (TPSA) is 81.2 Å². The van der Waals surface area contributed by atoms with Gasteiger partial charge in [0, 0.05) is 43.3 Å². The quantitative estimate of drug-likeness (QED) is 0.771. The van der Waals surface area contributed by atoms with Gasteiger partial charge < -0.3 is 19.5 Å². The molecule has 2 saturated heterocycles. The zero-order valence-electron chi connectivity index (χ0n) is 13.2. The fraction of sp³-hybridized carbons (Fsp3) is 0.438. The molecule has 5 rings (SSSR count). The van der Waals surface area contributed by atoms with Gasteiger partial charge in [0.2, 0.25) is 5.82 Å². The van der Waals surface area contributed by atoms with Gasteiger partial charge in [-0.05, 0) is 6.07 Å². The minimum absolute atomic E-state index is 0.352. The van der Waals surface area contributed by atoms with Crippen LogP contribution in [0.5, 0.6) is 0 Å². The van der Waals surface area contributed by atoms with Crippen molar-refractivity contribution in [2.24, 2.45) is 0 Å². The first-order chi connectivity index (χ1) is 11.9. The third-order valence-corrected chi connectivity index (χ3v) is 4.58. The summed E-state index contributed by atoms with van der Waals surface area (Å²) in [6.07, 6.45) is 2.06. The van der Waals surface area contributed by atoms with Crippen LogP contribution in [0.25, 0.3) is 22.3 Å². The monoisotopic (exact) mass is 326 g/mol. The Kier molecular flexibility index (Phi) is 3.24. The van der Waals surface area contributed by atoms with Crippen molar-refractivity contribution >= 4 is 16.9 Å². The number of hydrogen-bond acceptors (Lipinski definition) is 7. The van der Waals surface area contributed by atoms with Crippen molar-refractivity contribution in [3.05, 3.63) is 24.4 Å². The van der Waals surface area contributed by atoms with E-state index in [9.17, 15) is 0 Å². The van der Waals surface area contributed by atoms with Crippen LogP contribution in [0.3, 0.4) is 0 Å². The number of fused-ring (bicyclic) bond motifs is 1. The SMILES string of the molecule is c1cc2cn(C3COC3)nc2cc1-c1noc(N2CCNCC2)n1. The molecule has 8 heteroatoms. The molecular weight excluding hydrogens is 308 g/mol. The highest BCUT2D eigenvalue weighted by atomic mass is 16.5. The van der Waals surface area contributed by atoms with Crippen LogP contribution in [0, 0.1) is 0 Å². The summed E-state index contributed by atoms with van der Waals surface area (Å²) in [7, 11) is 0. The summed E-state index contributed by atoms with van der Waals surface area (Å²) in [6.45, 7) is 5.11. The van der Waals surface area contributed by atoms with Gasteiger partial charge in [-0.2, -0.15) is 10.1 Å². The van der Waals surface area contributed by atoms with Gasteiger partial charge in [-0.25, -0.2) is 0 Å². The Morgan fingerprint density at radius 2 is 2.04 bits per heavy atom. The van der Waals surface area contributed by atoms with E-state index in [0.29, 0.717) is 17.9 Å². The minimum Gasteiger partial charge on any atom is -0.377 e. The summed E-state index contributed by atoms with van der Waals surface area (Å²) in [5.41, 5.74) is 1.86. The molecule has 1 N–H and O–H groups in total. The molecule has 24 heavy (non-hydrogen) atoms. The minimum atomic E-state index is 0.352. The number of rotatable bonds is 3. The normalized spacial score (nSPS) is 18.9. The summed E-state index contributed by atoms with van der Waals surface area (Å²) in [5, 5.41) is 13.2. The molecule has 2 aromatic heterocycles. The van der Waals surface area contributed by atoms with Crippen LogP contribution >= 0.6 is 0 Å². The molecule has 2 fully saturated rings. The van der Waals surface area contributed by atoms with Crippen molar-refractivity contribution in [2.45, 2.75) is 6.04 Å². The van der Waals surface area contributed by atoms with E-state index in [-0.39, 0.29) is 0 Å². The highest BCUT2D eigenvalue weighted by Crippen LogP contribution is 2.26. The largest absolute Gasteiger partial charge is 0.377 e. The van der Waals surface area contributed by atoms with Gasteiger partial charge >= 0.3 is 6.01 Å². The van der Waals surface area contributed by atoms with Crippen LogP contribution in [-0.4, -0.2) is 59.3 Å².